The first kappa shape index (κ1) is 20.1. The predicted molar refractivity (Wildman–Crippen MR) is 101 cm³/mol. The van der Waals surface area contributed by atoms with Crippen LogP contribution in [0.3, 0.4) is 0 Å². The number of hydrogen-bond donors (Lipinski definition) is 0. The summed E-state index contributed by atoms with van der Waals surface area (Å²) in [6.07, 6.45) is 1.21. The fourth-order valence-corrected chi connectivity index (χ4v) is 4.66. The lowest BCUT2D eigenvalue weighted by atomic mass is 10.1. The molecule has 2 aromatic carbocycles. The number of rotatable bonds is 4. The number of piperazine rings is 1. The van der Waals surface area contributed by atoms with Gasteiger partial charge in [-0.3, -0.25) is 4.79 Å². The molecule has 11 heteroatoms. The highest BCUT2D eigenvalue weighted by Gasteiger charge is 2.32. The molecule has 30 heavy (non-hydrogen) atoms. The molecule has 4 rings (SSSR count). The van der Waals surface area contributed by atoms with E-state index in [-0.39, 0.29) is 32.1 Å². The van der Waals surface area contributed by atoms with Gasteiger partial charge >= 0.3 is 0 Å². The number of nitrogens with zero attached hydrogens (tertiary/aromatic N) is 4. The van der Waals surface area contributed by atoms with Crippen LogP contribution in [-0.2, 0) is 10.0 Å². The molecule has 0 atom stereocenters. The van der Waals surface area contributed by atoms with Crippen molar-refractivity contribution in [2.45, 2.75) is 4.90 Å². The lowest BCUT2D eigenvalue weighted by molar-refractivity contribution is 0.0697. The molecule has 0 radical (unpaired) electrons. The van der Waals surface area contributed by atoms with E-state index in [0.717, 1.165) is 16.4 Å². The maximum absolute atomic E-state index is 13.9. The number of carbonyl (C=O) groups is 1. The van der Waals surface area contributed by atoms with Gasteiger partial charge in [0.25, 0.3) is 5.91 Å². The summed E-state index contributed by atoms with van der Waals surface area (Å²) in [6.45, 7) is 0.300. The molecule has 8 nitrogen and oxygen atoms in total. The van der Waals surface area contributed by atoms with Crippen LogP contribution in [0, 0.1) is 11.6 Å². The van der Waals surface area contributed by atoms with Gasteiger partial charge in [0, 0.05) is 43.4 Å². The van der Waals surface area contributed by atoms with Crippen molar-refractivity contribution in [3.8, 4) is 11.5 Å². The zero-order valence-electron chi connectivity index (χ0n) is 15.5. The Morgan fingerprint density at radius 1 is 1.00 bits per heavy atom. The van der Waals surface area contributed by atoms with Crippen LogP contribution < -0.4 is 0 Å². The van der Waals surface area contributed by atoms with Crippen molar-refractivity contribution in [3.63, 3.8) is 0 Å². The van der Waals surface area contributed by atoms with Gasteiger partial charge in [-0.15, -0.1) is 10.2 Å². The highest BCUT2D eigenvalue weighted by Crippen LogP contribution is 2.22. The van der Waals surface area contributed by atoms with E-state index >= 15 is 0 Å². The van der Waals surface area contributed by atoms with Crippen LogP contribution in [-0.4, -0.2) is 59.9 Å². The zero-order valence-corrected chi connectivity index (χ0v) is 16.3. The first-order valence-corrected chi connectivity index (χ1v) is 10.4. The van der Waals surface area contributed by atoms with Crippen molar-refractivity contribution in [1.29, 1.82) is 0 Å². The lowest BCUT2D eigenvalue weighted by Gasteiger charge is -2.34. The Morgan fingerprint density at radius 2 is 1.70 bits per heavy atom. The summed E-state index contributed by atoms with van der Waals surface area (Å²) in [6, 6.07) is 8.94. The maximum atomic E-state index is 13.9. The van der Waals surface area contributed by atoms with Crippen LogP contribution in [0.2, 0.25) is 0 Å². The number of hydrogen-bond acceptors (Lipinski definition) is 6. The second kappa shape index (κ2) is 7.92. The quantitative estimate of drug-likeness (QED) is 0.624. The molecule has 1 saturated heterocycles. The van der Waals surface area contributed by atoms with Crippen molar-refractivity contribution >= 4 is 15.9 Å². The molecule has 0 N–H and O–H groups in total. The maximum Gasteiger partial charge on any atom is 0.253 e. The number of halogens is 2. The van der Waals surface area contributed by atoms with Crippen LogP contribution >= 0.6 is 0 Å². The van der Waals surface area contributed by atoms with E-state index in [0.29, 0.717) is 23.1 Å². The predicted octanol–water partition coefficient (Wildman–Crippen LogP) is 2.16. The molecule has 0 bridgehead atoms. The standard InChI is InChI=1S/C19H16F2N4O4S/c20-15-5-6-17(16(21)11-15)30(27,28)25-9-7-24(8-10-25)19(26)14-3-1-13(2-4-14)18-23-22-12-29-18/h1-6,11-12H,7-10H2. The Morgan fingerprint density at radius 3 is 2.30 bits per heavy atom. The molecule has 1 amide bonds. The minimum absolute atomic E-state index is 0.00492. The SMILES string of the molecule is O=C(c1ccc(-c2nnco2)cc1)N1CCN(S(=O)(=O)c2ccc(F)cc2F)CC1. The van der Waals surface area contributed by atoms with E-state index < -0.39 is 26.6 Å². The van der Waals surface area contributed by atoms with E-state index in [9.17, 15) is 22.0 Å². The summed E-state index contributed by atoms with van der Waals surface area (Å²) in [5.74, 6) is -1.92. The van der Waals surface area contributed by atoms with Gasteiger partial charge in [0.2, 0.25) is 22.3 Å². The van der Waals surface area contributed by atoms with E-state index in [1.54, 1.807) is 24.3 Å². The number of carbonyl (C=O) groups excluding carboxylic acids is 1. The van der Waals surface area contributed by atoms with Crippen molar-refractivity contribution < 1.29 is 26.4 Å². The fraction of sp³-hybridized carbons (Fsp3) is 0.211. The first-order valence-electron chi connectivity index (χ1n) is 8.97. The summed E-state index contributed by atoms with van der Waals surface area (Å²) >= 11 is 0. The number of sulfonamides is 1. The molecule has 2 heterocycles. The average Bonchev–Trinajstić information content (AvgIpc) is 3.28. The largest absolute Gasteiger partial charge is 0.423 e. The second-order valence-electron chi connectivity index (χ2n) is 6.59. The van der Waals surface area contributed by atoms with Crippen LogP contribution in [0.1, 0.15) is 10.4 Å². The Balaban J connectivity index is 1.43. The average molecular weight is 434 g/mol. The summed E-state index contributed by atoms with van der Waals surface area (Å²) < 4.78 is 58.5. The molecule has 156 valence electrons. The van der Waals surface area contributed by atoms with E-state index in [1.807, 2.05) is 0 Å². The lowest BCUT2D eigenvalue weighted by Crippen LogP contribution is -2.50. The Bertz CT molecular complexity index is 1160. The van der Waals surface area contributed by atoms with Gasteiger partial charge in [-0.1, -0.05) is 0 Å². The van der Waals surface area contributed by atoms with Crippen LogP contribution in [0.5, 0.6) is 0 Å². The molecule has 0 spiro atoms. The number of amides is 1. The Labute approximate surface area is 170 Å². The van der Waals surface area contributed by atoms with Crippen LogP contribution in [0.25, 0.3) is 11.5 Å². The summed E-state index contributed by atoms with van der Waals surface area (Å²) in [5.41, 5.74) is 1.10. The van der Waals surface area contributed by atoms with E-state index in [4.69, 9.17) is 4.42 Å². The second-order valence-corrected chi connectivity index (χ2v) is 8.50. The Hall–Kier alpha value is -3.18. The first-order chi connectivity index (χ1) is 14.4. The third kappa shape index (κ3) is 3.81. The highest BCUT2D eigenvalue weighted by atomic mass is 32.2. The normalized spacial score (nSPS) is 15.3. The molecule has 1 aromatic heterocycles. The van der Waals surface area contributed by atoms with Gasteiger partial charge in [0.05, 0.1) is 0 Å². The molecular weight excluding hydrogens is 418 g/mol. The third-order valence-corrected chi connectivity index (χ3v) is 6.71. The minimum Gasteiger partial charge on any atom is -0.423 e. The van der Waals surface area contributed by atoms with Gasteiger partial charge in [0.1, 0.15) is 16.5 Å². The summed E-state index contributed by atoms with van der Waals surface area (Å²) in [7, 11) is -4.12. The third-order valence-electron chi connectivity index (χ3n) is 4.78. The van der Waals surface area contributed by atoms with Crippen molar-refractivity contribution in [3.05, 3.63) is 66.1 Å². The minimum atomic E-state index is -4.12. The number of aromatic nitrogens is 2. The molecule has 3 aromatic rings. The monoisotopic (exact) mass is 434 g/mol. The highest BCUT2D eigenvalue weighted by molar-refractivity contribution is 7.89. The fourth-order valence-electron chi connectivity index (χ4n) is 3.19. The molecule has 1 aliphatic rings. The van der Waals surface area contributed by atoms with Crippen LogP contribution in [0.4, 0.5) is 8.78 Å². The molecule has 1 aliphatic heterocycles. The number of benzene rings is 2. The molecule has 0 aliphatic carbocycles. The molecule has 1 fully saturated rings. The molecular formula is C19H16F2N4O4S. The van der Waals surface area contributed by atoms with Crippen molar-refractivity contribution in [1.82, 2.24) is 19.4 Å². The van der Waals surface area contributed by atoms with Gasteiger partial charge in [-0.25, -0.2) is 17.2 Å². The smallest absolute Gasteiger partial charge is 0.253 e. The van der Waals surface area contributed by atoms with Gasteiger partial charge in [-0.05, 0) is 36.4 Å². The molecule has 0 unspecified atom stereocenters. The van der Waals surface area contributed by atoms with E-state index in [1.165, 1.54) is 11.3 Å². The van der Waals surface area contributed by atoms with Crippen LogP contribution in [0.15, 0.2) is 58.2 Å². The van der Waals surface area contributed by atoms with Gasteiger partial charge in [-0.2, -0.15) is 4.31 Å². The van der Waals surface area contributed by atoms with Crippen molar-refractivity contribution in [2.75, 3.05) is 26.2 Å². The zero-order chi connectivity index (χ0) is 21.3. The van der Waals surface area contributed by atoms with Gasteiger partial charge in [0.15, 0.2) is 0 Å². The van der Waals surface area contributed by atoms with E-state index in [2.05, 4.69) is 10.2 Å². The molecule has 0 saturated carbocycles. The topological polar surface area (TPSA) is 96.6 Å². The summed E-state index contributed by atoms with van der Waals surface area (Å²) in [5, 5.41) is 7.40. The van der Waals surface area contributed by atoms with Crippen molar-refractivity contribution in [2.24, 2.45) is 0 Å². The summed E-state index contributed by atoms with van der Waals surface area (Å²) in [4.78, 5) is 13.7. The Kier molecular flexibility index (Phi) is 5.31. The van der Waals surface area contributed by atoms with Gasteiger partial charge < -0.3 is 9.32 Å².